The van der Waals surface area contributed by atoms with Gasteiger partial charge in [0, 0.05) is 32.4 Å². The first-order valence-corrected chi connectivity index (χ1v) is 12.6. The SMILES string of the molecule is COCC(=O)N1CCC[C@@H](NC(=O)c2c[nH]c3c(-c4c(OCC5CC5)ccc5c4OCO5)ncnc23)C1. The van der Waals surface area contributed by atoms with Crippen LogP contribution in [0.4, 0.5) is 0 Å². The summed E-state index contributed by atoms with van der Waals surface area (Å²) in [5.74, 6) is 2.08. The Hall–Kier alpha value is -3.86. The second kappa shape index (κ2) is 9.89. The third-order valence-electron chi connectivity index (χ3n) is 6.99. The number of piperidine rings is 1. The zero-order chi connectivity index (χ0) is 25.4. The third-order valence-corrected chi connectivity index (χ3v) is 6.99. The summed E-state index contributed by atoms with van der Waals surface area (Å²) in [5, 5.41) is 3.07. The Balaban J connectivity index is 1.28. The molecule has 0 bridgehead atoms. The number of H-pyrrole nitrogens is 1. The van der Waals surface area contributed by atoms with Crippen LogP contribution in [0.3, 0.4) is 0 Å². The van der Waals surface area contributed by atoms with Crippen molar-refractivity contribution in [3.05, 3.63) is 30.2 Å². The average molecular weight is 508 g/mol. The molecule has 4 heterocycles. The van der Waals surface area contributed by atoms with Gasteiger partial charge in [0.25, 0.3) is 5.91 Å². The van der Waals surface area contributed by atoms with Crippen molar-refractivity contribution in [3.63, 3.8) is 0 Å². The van der Waals surface area contributed by atoms with Crippen LogP contribution in [0.2, 0.25) is 0 Å². The number of hydrogen-bond acceptors (Lipinski definition) is 8. The molecule has 194 valence electrons. The van der Waals surface area contributed by atoms with Crippen molar-refractivity contribution >= 4 is 22.8 Å². The Labute approximate surface area is 213 Å². The van der Waals surface area contributed by atoms with Crippen LogP contribution in [0.1, 0.15) is 36.0 Å². The van der Waals surface area contributed by atoms with Crippen LogP contribution in [0.15, 0.2) is 24.7 Å². The Kier molecular flexibility index (Phi) is 6.29. The molecule has 2 N–H and O–H groups in total. The summed E-state index contributed by atoms with van der Waals surface area (Å²) < 4.78 is 22.5. The molecule has 0 spiro atoms. The van der Waals surface area contributed by atoms with Crippen molar-refractivity contribution < 1.29 is 28.5 Å². The van der Waals surface area contributed by atoms with Crippen molar-refractivity contribution in [1.82, 2.24) is 25.2 Å². The number of nitrogens with one attached hydrogen (secondary N) is 2. The number of aromatic nitrogens is 3. The molecule has 1 saturated heterocycles. The lowest BCUT2D eigenvalue weighted by Gasteiger charge is -2.33. The first-order valence-electron chi connectivity index (χ1n) is 12.6. The standard InChI is InChI=1S/C26H29N5O6/c1-34-12-20(32)31-8-2-3-16(10-31)30-26(33)17-9-27-24-22(17)28-13-29-23(24)21-18(35-11-15-4-5-15)6-7-19-25(21)37-14-36-19/h6-7,9,13,15-16,27H,2-5,8,10-12,14H2,1H3,(H,30,33)/t16-/m1/s1. The highest BCUT2D eigenvalue weighted by Gasteiger charge is 2.30. The third kappa shape index (κ3) is 4.66. The molecule has 2 aliphatic heterocycles. The summed E-state index contributed by atoms with van der Waals surface area (Å²) in [4.78, 5) is 39.4. The average Bonchev–Trinajstić information content (AvgIpc) is 3.43. The fourth-order valence-electron chi connectivity index (χ4n) is 4.89. The molecule has 2 amide bonds. The molecular weight excluding hydrogens is 478 g/mol. The molecule has 11 nitrogen and oxygen atoms in total. The van der Waals surface area contributed by atoms with Crippen molar-refractivity contribution in [3.8, 4) is 28.5 Å². The molecule has 1 saturated carbocycles. The first kappa shape index (κ1) is 23.5. The van der Waals surface area contributed by atoms with Crippen LogP contribution in [-0.4, -0.2) is 77.9 Å². The molecule has 11 heteroatoms. The zero-order valence-corrected chi connectivity index (χ0v) is 20.6. The maximum absolute atomic E-state index is 13.3. The van der Waals surface area contributed by atoms with Gasteiger partial charge in [-0.05, 0) is 43.7 Å². The van der Waals surface area contributed by atoms with E-state index in [9.17, 15) is 9.59 Å². The van der Waals surface area contributed by atoms with Gasteiger partial charge < -0.3 is 34.1 Å². The van der Waals surface area contributed by atoms with E-state index in [0.29, 0.717) is 70.7 Å². The van der Waals surface area contributed by atoms with E-state index >= 15 is 0 Å². The van der Waals surface area contributed by atoms with Crippen LogP contribution in [0.25, 0.3) is 22.3 Å². The second-order valence-electron chi connectivity index (χ2n) is 9.66. The predicted octanol–water partition coefficient (Wildman–Crippen LogP) is 2.51. The highest BCUT2D eigenvalue weighted by Crippen LogP contribution is 2.48. The van der Waals surface area contributed by atoms with Gasteiger partial charge in [-0.25, -0.2) is 9.97 Å². The quantitative estimate of drug-likeness (QED) is 0.476. The van der Waals surface area contributed by atoms with Gasteiger partial charge in [-0.1, -0.05) is 0 Å². The van der Waals surface area contributed by atoms with Gasteiger partial charge in [0.05, 0.1) is 23.3 Å². The smallest absolute Gasteiger partial charge is 0.255 e. The number of rotatable bonds is 8. The van der Waals surface area contributed by atoms with E-state index in [1.807, 2.05) is 12.1 Å². The lowest BCUT2D eigenvalue weighted by molar-refractivity contribution is -0.136. The minimum atomic E-state index is -0.259. The summed E-state index contributed by atoms with van der Waals surface area (Å²) in [7, 11) is 1.50. The van der Waals surface area contributed by atoms with Gasteiger partial charge in [-0.2, -0.15) is 0 Å². The monoisotopic (exact) mass is 507 g/mol. The lowest BCUT2D eigenvalue weighted by atomic mass is 10.0. The number of likely N-dealkylation sites (tertiary alicyclic amines) is 1. The molecule has 0 unspecified atom stereocenters. The normalized spacial score (nSPS) is 18.7. The Morgan fingerprint density at radius 1 is 1.22 bits per heavy atom. The van der Waals surface area contributed by atoms with Crippen molar-refractivity contribution in [2.75, 3.05) is 40.2 Å². The van der Waals surface area contributed by atoms with Crippen LogP contribution in [0, 0.1) is 5.92 Å². The predicted molar refractivity (Wildman–Crippen MR) is 133 cm³/mol. The van der Waals surface area contributed by atoms with Crippen LogP contribution >= 0.6 is 0 Å². The number of amides is 2. The summed E-state index contributed by atoms with van der Waals surface area (Å²) in [5.41, 5.74) is 2.76. The van der Waals surface area contributed by atoms with Gasteiger partial charge in [-0.15, -0.1) is 0 Å². The molecule has 2 fully saturated rings. The number of methoxy groups -OCH3 is 1. The highest BCUT2D eigenvalue weighted by molar-refractivity contribution is 6.08. The Morgan fingerprint density at radius 3 is 2.95 bits per heavy atom. The number of aromatic amines is 1. The molecule has 3 aromatic rings. The molecule has 3 aliphatic rings. The van der Waals surface area contributed by atoms with E-state index in [0.717, 1.165) is 12.8 Å². The van der Waals surface area contributed by atoms with E-state index in [1.54, 1.807) is 11.1 Å². The molecule has 2 aromatic heterocycles. The number of nitrogens with zero attached hydrogens (tertiary/aromatic N) is 3. The van der Waals surface area contributed by atoms with Crippen molar-refractivity contribution in [2.24, 2.45) is 5.92 Å². The van der Waals surface area contributed by atoms with Gasteiger partial charge in [0.15, 0.2) is 11.5 Å². The maximum Gasteiger partial charge on any atom is 0.255 e. The first-order chi connectivity index (χ1) is 18.1. The fraction of sp³-hybridized carbons (Fsp3) is 0.462. The molecule has 6 rings (SSSR count). The van der Waals surface area contributed by atoms with Crippen LogP contribution in [0.5, 0.6) is 17.2 Å². The minimum Gasteiger partial charge on any atom is -0.492 e. The van der Waals surface area contributed by atoms with Crippen molar-refractivity contribution in [2.45, 2.75) is 31.7 Å². The Morgan fingerprint density at radius 2 is 2.11 bits per heavy atom. The number of ether oxygens (including phenoxy) is 4. The number of fused-ring (bicyclic) bond motifs is 2. The summed E-state index contributed by atoms with van der Waals surface area (Å²) >= 11 is 0. The molecule has 37 heavy (non-hydrogen) atoms. The lowest BCUT2D eigenvalue weighted by Crippen LogP contribution is -2.50. The van der Waals surface area contributed by atoms with E-state index < -0.39 is 0 Å². The van der Waals surface area contributed by atoms with E-state index in [1.165, 1.54) is 26.3 Å². The molecule has 1 aromatic carbocycles. The summed E-state index contributed by atoms with van der Waals surface area (Å²) in [6.45, 7) is 1.90. The highest BCUT2D eigenvalue weighted by atomic mass is 16.7. The van der Waals surface area contributed by atoms with Crippen molar-refractivity contribution in [1.29, 1.82) is 0 Å². The van der Waals surface area contributed by atoms with Gasteiger partial charge in [-0.3, -0.25) is 9.59 Å². The number of carbonyl (C=O) groups is 2. The largest absolute Gasteiger partial charge is 0.492 e. The van der Waals surface area contributed by atoms with E-state index in [4.69, 9.17) is 18.9 Å². The van der Waals surface area contributed by atoms with Gasteiger partial charge in [0.2, 0.25) is 12.7 Å². The van der Waals surface area contributed by atoms with E-state index in [2.05, 4.69) is 20.3 Å². The molecular formula is C26H29N5O6. The molecule has 1 atom stereocenters. The molecule has 0 radical (unpaired) electrons. The summed E-state index contributed by atoms with van der Waals surface area (Å²) in [6.07, 6.45) is 7.03. The fourth-order valence-corrected chi connectivity index (χ4v) is 4.89. The minimum absolute atomic E-state index is 0.0348. The Bertz CT molecular complexity index is 1340. The van der Waals surface area contributed by atoms with Gasteiger partial charge in [0.1, 0.15) is 29.9 Å². The number of hydrogen-bond donors (Lipinski definition) is 2. The maximum atomic E-state index is 13.3. The zero-order valence-electron chi connectivity index (χ0n) is 20.6. The van der Waals surface area contributed by atoms with Gasteiger partial charge >= 0.3 is 0 Å². The van der Waals surface area contributed by atoms with Crippen LogP contribution < -0.4 is 19.5 Å². The molecule has 1 aliphatic carbocycles. The number of benzene rings is 1. The topological polar surface area (TPSA) is 128 Å². The number of carbonyl (C=O) groups excluding carboxylic acids is 2. The van der Waals surface area contributed by atoms with E-state index in [-0.39, 0.29) is 31.3 Å². The second-order valence-corrected chi connectivity index (χ2v) is 9.66. The summed E-state index contributed by atoms with van der Waals surface area (Å²) in [6, 6.07) is 3.55. The van der Waals surface area contributed by atoms with Crippen LogP contribution in [-0.2, 0) is 9.53 Å².